The van der Waals surface area contributed by atoms with E-state index < -0.39 is 18.4 Å². The predicted octanol–water partition coefficient (Wildman–Crippen LogP) is 1.11. The van der Waals surface area contributed by atoms with Crippen molar-refractivity contribution in [3.63, 3.8) is 0 Å². The first-order chi connectivity index (χ1) is 10.1. The van der Waals surface area contributed by atoms with E-state index >= 15 is 0 Å². The molecule has 0 saturated heterocycles. The van der Waals surface area contributed by atoms with Crippen LogP contribution >= 0.6 is 0 Å². The molecule has 0 aromatic heterocycles. The quantitative estimate of drug-likeness (QED) is 0.512. The van der Waals surface area contributed by atoms with Crippen molar-refractivity contribution in [2.24, 2.45) is 0 Å². The summed E-state index contributed by atoms with van der Waals surface area (Å²) in [4.78, 5) is 21.9. The molecule has 0 aliphatic rings. The van der Waals surface area contributed by atoms with Crippen LogP contribution in [0.15, 0.2) is 36.0 Å². The average Bonchev–Trinajstić information content (AvgIpc) is 2.47. The molecule has 0 radical (unpaired) electrons. The van der Waals surface area contributed by atoms with Crippen LogP contribution in [0.4, 0.5) is 5.69 Å². The number of carbonyl (C=O) groups excluding carboxylic acids is 1. The Balaban J connectivity index is 2.79. The molecule has 0 atom stereocenters. The zero-order valence-corrected chi connectivity index (χ0v) is 11.4. The molecule has 7 nitrogen and oxygen atoms in total. The molecule has 0 unspecified atom stereocenters. The largest absolute Gasteiger partial charge is 0.492 e. The number of carbonyl (C=O) groups is 2. The van der Waals surface area contributed by atoms with Gasteiger partial charge in [0, 0.05) is 6.20 Å². The zero-order chi connectivity index (χ0) is 15.7. The van der Waals surface area contributed by atoms with Crippen molar-refractivity contribution >= 4 is 17.6 Å². The maximum Gasteiger partial charge on any atom is 0.322 e. The lowest BCUT2D eigenvalue weighted by molar-refractivity contribution is -0.137. The summed E-state index contributed by atoms with van der Waals surface area (Å²) < 4.78 is 5.39. The van der Waals surface area contributed by atoms with Crippen LogP contribution in [0.3, 0.4) is 0 Å². The molecule has 0 bridgehead atoms. The van der Waals surface area contributed by atoms with Crippen molar-refractivity contribution in [1.29, 1.82) is 5.26 Å². The fourth-order valence-corrected chi connectivity index (χ4v) is 1.42. The molecule has 1 aromatic rings. The highest BCUT2D eigenvalue weighted by Gasteiger charge is 2.10. The topological polar surface area (TPSA) is 111 Å². The molecule has 110 valence electrons. The number of hydrogen-bond acceptors (Lipinski definition) is 5. The standard InChI is InChI=1S/C14H15N3O4/c1-2-21-12-6-4-3-5-11(12)16-8-10(7-15)14(20)17-9-13(18)19/h3-6,8,16H,2,9H2,1H3,(H,17,20)(H,18,19)/b10-8-. The van der Waals surface area contributed by atoms with E-state index in [1.165, 1.54) is 6.20 Å². The Morgan fingerprint density at radius 1 is 1.43 bits per heavy atom. The maximum atomic E-state index is 11.6. The monoisotopic (exact) mass is 289 g/mol. The van der Waals surface area contributed by atoms with E-state index in [9.17, 15) is 9.59 Å². The lowest BCUT2D eigenvalue weighted by Crippen LogP contribution is -2.30. The van der Waals surface area contributed by atoms with E-state index in [4.69, 9.17) is 15.1 Å². The zero-order valence-electron chi connectivity index (χ0n) is 11.4. The van der Waals surface area contributed by atoms with Gasteiger partial charge in [-0.1, -0.05) is 12.1 Å². The SMILES string of the molecule is CCOc1ccccc1N/C=C(/C#N)C(=O)NCC(=O)O. The highest BCUT2D eigenvalue weighted by molar-refractivity contribution is 5.98. The minimum atomic E-state index is -1.18. The number of para-hydroxylation sites is 2. The Morgan fingerprint density at radius 3 is 2.76 bits per heavy atom. The van der Waals surface area contributed by atoms with E-state index in [-0.39, 0.29) is 5.57 Å². The molecule has 21 heavy (non-hydrogen) atoms. The van der Waals surface area contributed by atoms with Crippen LogP contribution in [-0.2, 0) is 9.59 Å². The molecule has 0 fully saturated rings. The molecule has 1 aromatic carbocycles. The fourth-order valence-electron chi connectivity index (χ4n) is 1.42. The summed E-state index contributed by atoms with van der Waals surface area (Å²) in [5, 5.41) is 22.3. The number of ether oxygens (including phenoxy) is 1. The van der Waals surface area contributed by atoms with E-state index in [2.05, 4.69) is 10.6 Å². The third-order valence-corrected chi connectivity index (χ3v) is 2.32. The lowest BCUT2D eigenvalue weighted by atomic mass is 10.2. The molecule has 7 heteroatoms. The van der Waals surface area contributed by atoms with Crippen LogP contribution < -0.4 is 15.4 Å². The van der Waals surface area contributed by atoms with Gasteiger partial charge in [-0.25, -0.2) is 0 Å². The van der Waals surface area contributed by atoms with Crippen LogP contribution in [0.2, 0.25) is 0 Å². The number of benzene rings is 1. The van der Waals surface area contributed by atoms with Gasteiger partial charge in [0.15, 0.2) is 0 Å². The second-order valence-electron chi connectivity index (χ2n) is 3.82. The van der Waals surface area contributed by atoms with E-state index in [0.717, 1.165) is 0 Å². The first-order valence-electron chi connectivity index (χ1n) is 6.17. The number of aliphatic carboxylic acids is 1. The third kappa shape index (κ3) is 5.24. The first-order valence-corrected chi connectivity index (χ1v) is 6.17. The average molecular weight is 289 g/mol. The summed E-state index contributed by atoms with van der Waals surface area (Å²) in [6.45, 7) is 1.77. The van der Waals surface area contributed by atoms with Crippen LogP contribution in [0.25, 0.3) is 0 Å². The number of nitrogens with one attached hydrogen (secondary N) is 2. The number of carboxylic acids is 1. The number of nitrogens with zero attached hydrogens (tertiary/aromatic N) is 1. The van der Waals surface area contributed by atoms with Gasteiger partial charge in [0.1, 0.15) is 23.9 Å². The van der Waals surface area contributed by atoms with E-state index in [0.29, 0.717) is 18.0 Å². The maximum absolute atomic E-state index is 11.6. The van der Waals surface area contributed by atoms with Gasteiger partial charge < -0.3 is 20.5 Å². The normalized spacial score (nSPS) is 10.4. The molecule has 0 aliphatic heterocycles. The predicted molar refractivity (Wildman–Crippen MR) is 75.6 cm³/mol. The van der Waals surface area contributed by atoms with Crippen LogP contribution in [0, 0.1) is 11.3 Å². The van der Waals surface area contributed by atoms with Gasteiger partial charge in [0.05, 0.1) is 12.3 Å². The van der Waals surface area contributed by atoms with Gasteiger partial charge in [0.25, 0.3) is 5.91 Å². The molecule has 1 amide bonds. The number of rotatable bonds is 7. The first kappa shape index (κ1) is 16.0. The van der Waals surface area contributed by atoms with Crippen molar-refractivity contribution < 1.29 is 19.4 Å². The summed E-state index contributed by atoms with van der Waals surface area (Å²) in [5.74, 6) is -1.36. The van der Waals surface area contributed by atoms with Crippen LogP contribution in [0.1, 0.15) is 6.92 Å². The van der Waals surface area contributed by atoms with Crippen molar-refractivity contribution in [1.82, 2.24) is 5.32 Å². The smallest absolute Gasteiger partial charge is 0.322 e. The molecule has 0 spiro atoms. The van der Waals surface area contributed by atoms with Gasteiger partial charge in [-0.2, -0.15) is 5.26 Å². The van der Waals surface area contributed by atoms with Gasteiger partial charge in [-0.05, 0) is 19.1 Å². The molecular weight excluding hydrogens is 274 g/mol. The Hall–Kier alpha value is -3.01. The Labute approximate surface area is 121 Å². The van der Waals surface area contributed by atoms with Crippen molar-refractivity contribution in [3.8, 4) is 11.8 Å². The lowest BCUT2D eigenvalue weighted by Gasteiger charge is -2.09. The number of hydrogen-bond donors (Lipinski definition) is 3. The van der Waals surface area contributed by atoms with Crippen LogP contribution in [-0.4, -0.2) is 30.1 Å². The molecule has 1 rings (SSSR count). The van der Waals surface area contributed by atoms with Crippen molar-refractivity contribution in [2.75, 3.05) is 18.5 Å². The summed E-state index contributed by atoms with van der Waals surface area (Å²) in [6, 6.07) is 8.74. The van der Waals surface area contributed by atoms with E-state index in [1.807, 2.05) is 6.92 Å². The summed E-state index contributed by atoms with van der Waals surface area (Å²) in [6.07, 6.45) is 1.20. The molecular formula is C14H15N3O4. The van der Waals surface area contributed by atoms with Crippen molar-refractivity contribution in [2.45, 2.75) is 6.92 Å². The van der Waals surface area contributed by atoms with Gasteiger partial charge >= 0.3 is 5.97 Å². The molecule has 3 N–H and O–H groups in total. The van der Waals surface area contributed by atoms with Gasteiger partial charge in [-0.15, -0.1) is 0 Å². The number of nitriles is 1. The van der Waals surface area contributed by atoms with E-state index in [1.54, 1.807) is 30.3 Å². The summed E-state index contributed by atoms with van der Waals surface area (Å²) in [7, 11) is 0. The number of amides is 1. The van der Waals surface area contributed by atoms with Gasteiger partial charge in [0.2, 0.25) is 0 Å². The highest BCUT2D eigenvalue weighted by Crippen LogP contribution is 2.23. The van der Waals surface area contributed by atoms with Crippen LogP contribution in [0.5, 0.6) is 5.75 Å². The molecule has 0 heterocycles. The minimum Gasteiger partial charge on any atom is -0.492 e. The highest BCUT2D eigenvalue weighted by atomic mass is 16.5. The third-order valence-electron chi connectivity index (χ3n) is 2.32. The van der Waals surface area contributed by atoms with Gasteiger partial charge in [-0.3, -0.25) is 9.59 Å². The number of anilines is 1. The van der Waals surface area contributed by atoms with Crippen molar-refractivity contribution in [3.05, 3.63) is 36.0 Å². The Bertz CT molecular complexity index is 590. The summed E-state index contributed by atoms with van der Waals surface area (Å²) >= 11 is 0. The summed E-state index contributed by atoms with van der Waals surface area (Å²) in [5.41, 5.74) is 0.362. The molecule has 0 aliphatic carbocycles. The second kappa shape index (κ2) is 8.22. The second-order valence-corrected chi connectivity index (χ2v) is 3.82. The Morgan fingerprint density at radius 2 is 2.14 bits per heavy atom. The fraction of sp³-hybridized carbons (Fsp3) is 0.214. The molecule has 0 saturated carbocycles. The minimum absolute atomic E-state index is 0.234. The Kier molecular flexibility index (Phi) is 6.28. The number of carboxylic acid groups (broad SMARTS) is 1.